The summed E-state index contributed by atoms with van der Waals surface area (Å²) >= 11 is 0. The summed E-state index contributed by atoms with van der Waals surface area (Å²) in [5.74, 6) is -2.17. The van der Waals surface area contributed by atoms with E-state index in [9.17, 15) is 21.8 Å². The van der Waals surface area contributed by atoms with Crippen molar-refractivity contribution in [2.24, 2.45) is 4.99 Å². The van der Waals surface area contributed by atoms with Gasteiger partial charge >= 0.3 is 6.18 Å². The number of rotatable bonds is 3. The van der Waals surface area contributed by atoms with Gasteiger partial charge in [-0.25, -0.2) is 4.39 Å². The SMILES string of the molecule is C=Nc1cc(S(=O)CC(F)(F)F)c(C)cc1F. The molecule has 1 aromatic carbocycles. The largest absolute Gasteiger partial charge is 0.400 e. The maximum atomic E-state index is 13.2. The van der Waals surface area contributed by atoms with Crippen LogP contribution in [0.5, 0.6) is 0 Å². The molecule has 0 spiro atoms. The molecule has 1 unspecified atom stereocenters. The maximum Gasteiger partial charge on any atom is 0.400 e. The van der Waals surface area contributed by atoms with Gasteiger partial charge in [0.2, 0.25) is 0 Å². The third-order valence-electron chi connectivity index (χ3n) is 1.95. The van der Waals surface area contributed by atoms with Crippen molar-refractivity contribution < 1.29 is 21.8 Å². The van der Waals surface area contributed by atoms with Crippen LogP contribution in [-0.4, -0.2) is 22.9 Å². The van der Waals surface area contributed by atoms with Crippen molar-refractivity contribution in [2.75, 3.05) is 5.75 Å². The molecule has 0 aliphatic rings. The summed E-state index contributed by atoms with van der Waals surface area (Å²) < 4.78 is 60.9. The average molecular weight is 267 g/mol. The fourth-order valence-corrected chi connectivity index (χ4v) is 2.35. The Labute approximate surface area is 97.8 Å². The van der Waals surface area contributed by atoms with Gasteiger partial charge < -0.3 is 0 Å². The second-order valence-electron chi connectivity index (χ2n) is 3.33. The molecule has 94 valence electrons. The predicted molar refractivity (Wildman–Crippen MR) is 57.7 cm³/mol. The van der Waals surface area contributed by atoms with Crippen molar-refractivity contribution in [1.29, 1.82) is 0 Å². The molecule has 1 rings (SSSR count). The molecule has 17 heavy (non-hydrogen) atoms. The van der Waals surface area contributed by atoms with Crippen molar-refractivity contribution in [3.63, 3.8) is 0 Å². The van der Waals surface area contributed by atoms with Gasteiger partial charge in [0.25, 0.3) is 0 Å². The first-order valence-corrected chi connectivity index (χ1v) is 5.78. The molecule has 1 atom stereocenters. The van der Waals surface area contributed by atoms with Crippen LogP contribution in [0.4, 0.5) is 23.2 Å². The molecule has 0 aliphatic heterocycles. The van der Waals surface area contributed by atoms with Crippen LogP contribution < -0.4 is 0 Å². The van der Waals surface area contributed by atoms with Crippen LogP contribution >= 0.6 is 0 Å². The first kappa shape index (κ1) is 13.8. The number of hydrogen-bond acceptors (Lipinski definition) is 2. The van der Waals surface area contributed by atoms with Gasteiger partial charge in [-0.2, -0.15) is 13.2 Å². The van der Waals surface area contributed by atoms with Gasteiger partial charge in [0, 0.05) is 4.90 Å². The summed E-state index contributed by atoms with van der Waals surface area (Å²) in [6, 6.07) is 2.02. The fraction of sp³-hybridized carbons (Fsp3) is 0.300. The molecule has 0 heterocycles. The minimum Gasteiger partial charge on any atom is -0.262 e. The second-order valence-corrected chi connectivity index (χ2v) is 4.75. The number of halogens is 4. The lowest BCUT2D eigenvalue weighted by Gasteiger charge is -2.09. The summed E-state index contributed by atoms with van der Waals surface area (Å²) in [7, 11) is -2.26. The van der Waals surface area contributed by atoms with E-state index in [1.807, 2.05) is 0 Å². The highest BCUT2D eigenvalue weighted by molar-refractivity contribution is 7.85. The number of benzene rings is 1. The van der Waals surface area contributed by atoms with E-state index < -0.39 is 28.5 Å². The number of nitrogens with zero attached hydrogens (tertiary/aromatic N) is 1. The average Bonchev–Trinajstić information content (AvgIpc) is 2.14. The molecule has 0 bridgehead atoms. The molecule has 2 nitrogen and oxygen atoms in total. The monoisotopic (exact) mass is 267 g/mol. The van der Waals surface area contributed by atoms with Crippen molar-refractivity contribution >= 4 is 23.2 Å². The van der Waals surface area contributed by atoms with E-state index >= 15 is 0 Å². The van der Waals surface area contributed by atoms with Crippen molar-refractivity contribution in [3.05, 3.63) is 23.5 Å². The lowest BCUT2D eigenvalue weighted by Crippen LogP contribution is -2.19. The van der Waals surface area contributed by atoms with E-state index in [4.69, 9.17) is 0 Å². The molecule has 7 heteroatoms. The number of hydrogen-bond donors (Lipinski definition) is 0. The van der Waals surface area contributed by atoms with Gasteiger partial charge in [-0.05, 0) is 31.3 Å². The first-order valence-electron chi connectivity index (χ1n) is 4.46. The van der Waals surface area contributed by atoms with Crippen LogP contribution in [0.1, 0.15) is 5.56 Å². The minimum absolute atomic E-state index is 0.0777. The summed E-state index contributed by atoms with van der Waals surface area (Å²) in [6.07, 6.45) is -4.53. The second kappa shape index (κ2) is 4.95. The van der Waals surface area contributed by atoms with Gasteiger partial charge in [-0.3, -0.25) is 9.20 Å². The number of aryl methyl sites for hydroxylation is 1. The lowest BCUT2D eigenvalue weighted by atomic mass is 10.2. The van der Waals surface area contributed by atoms with Crippen LogP contribution in [0.25, 0.3) is 0 Å². The summed E-state index contributed by atoms with van der Waals surface area (Å²) in [4.78, 5) is 3.23. The van der Waals surface area contributed by atoms with E-state index in [0.717, 1.165) is 12.1 Å². The molecule has 0 radical (unpaired) electrons. The Morgan fingerprint density at radius 1 is 1.41 bits per heavy atom. The number of alkyl halides is 3. The van der Waals surface area contributed by atoms with Crippen LogP contribution in [0.3, 0.4) is 0 Å². The smallest absolute Gasteiger partial charge is 0.262 e. The highest BCUT2D eigenvalue weighted by Crippen LogP contribution is 2.27. The lowest BCUT2D eigenvalue weighted by molar-refractivity contribution is -0.105. The van der Waals surface area contributed by atoms with Crippen LogP contribution in [0.15, 0.2) is 22.0 Å². The zero-order valence-electron chi connectivity index (χ0n) is 8.84. The molecule has 0 fully saturated rings. The molecule has 0 N–H and O–H groups in total. The first-order chi connectivity index (χ1) is 7.74. The standard InChI is InChI=1S/C10H9F4NOS/c1-6-3-7(11)8(15-2)4-9(6)17(16)5-10(12,13)14/h3-4H,2,5H2,1H3. The van der Waals surface area contributed by atoms with E-state index in [1.54, 1.807) is 0 Å². The van der Waals surface area contributed by atoms with E-state index in [-0.39, 0.29) is 16.1 Å². The van der Waals surface area contributed by atoms with Gasteiger partial charge in [-0.15, -0.1) is 0 Å². The molecule has 0 saturated heterocycles. The molecule has 0 amide bonds. The van der Waals surface area contributed by atoms with Gasteiger partial charge in [-0.1, -0.05) is 0 Å². The Bertz CT molecular complexity index is 470. The van der Waals surface area contributed by atoms with Gasteiger partial charge in [0.15, 0.2) is 0 Å². The van der Waals surface area contributed by atoms with Crippen molar-refractivity contribution in [3.8, 4) is 0 Å². The fourth-order valence-electron chi connectivity index (χ4n) is 1.23. The van der Waals surface area contributed by atoms with E-state index in [1.165, 1.54) is 6.92 Å². The van der Waals surface area contributed by atoms with E-state index in [0.29, 0.717) is 0 Å². The van der Waals surface area contributed by atoms with Crippen LogP contribution in [0, 0.1) is 12.7 Å². The Kier molecular flexibility index (Phi) is 4.03. The third-order valence-corrected chi connectivity index (χ3v) is 3.47. The normalized spacial score (nSPS) is 13.5. The zero-order chi connectivity index (χ0) is 13.2. The van der Waals surface area contributed by atoms with Crippen molar-refractivity contribution in [2.45, 2.75) is 18.0 Å². The molecule has 0 aromatic heterocycles. The highest BCUT2D eigenvalue weighted by Gasteiger charge is 2.31. The predicted octanol–water partition coefficient (Wildman–Crippen LogP) is 3.14. The molecular formula is C10H9F4NOS. The minimum atomic E-state index is -4.53. The quantitative estimate of drug-likeness (QED) is 0.611. The highest BCUT2D eigenvalue weighted by atomic mass is 32.2. The Hall–Kier alpha value is -1.24. The molecular weight excluding hydrogens is 258 g/mol. The summed E-state index contributed by atoms with van der Waals surface area (Å²) in [6.45, 7) is 4.47. The molecule has 1 aromatic rings. The van der Waals surface area contributed by atoms with E-state index in [2.05, 4.69) is 11.7 Å². The van der Waals surface area contributed by atoms with Crippen molar-refractivity contribution in [1.82, 2.24) is 0 Å². The van der Waals surface area contributed by atoms with Gasteiger partial charge in [0.1, 0.15) is 11.6 Å². The summed E-state index contributed by atoms with van der Waals surface area (Å²) in [5, 5.41) is 0. The Morgan fingerprint density at radius 3 is 2.47 bits per heavy atom. The van der Waals surface area contributed by atoms with Crippen LogP contribution in [-0.2, 0) is 10.8 Å². The number of aliphatic imine (C=N–C) groups is 1. The third kappa shape index (κ3) is 3.62. The van der Waals surface area contributed by atoms with Gasteiger partial charge in [0.05, 0.1) is 16.5 Å². The Balaban J connectivity index is 3.14. The van der Waals surface area contributed by atoms with Crippen LogP contribution in [0.2, 0.25) is 0 Å². The molecule has 0 aliphatic carbocycles. The zero-order valence-corrected chi connectivity index (χ0v) is 9.66. The maximum absolute atomic E-state index is 13.2. The molecule has 0 saturated carbocycles. The summed E-state index contributed by atoms with van der Waals surface area (Å²) in [5.41, 5.74) is -0.0152. The Morgan fingerprint density at radius 2 is 2.00 bits per heavy atom. The topological polar surface area (TPSA) is 29.4 Å².